The van der Waals surface area contributed by atoms with Crippen LogP contribution in [-0.4, -0.2) is 11.6 Å². The van der Waals surface area contributed by atoms with Crippen LogP contribution in [0.2, 0.25) is 0 Å². The molecule has 0 spiro atoms. The average molecular weight is 425 g/mol. The Labute approximate surface area is 190 Å². The van der Waals surface area contributed by atoms with E-state index in [2.05, 4.69) is 59.8 Å². The third kappa shape index (κ3) is 3.70. The van der Waals surface area contributed by atoms with E-state index in [1.165, 1.54) is 24.8 Å². The van der Waals surface area contributed by atoms with Crippen molar-refractivity contribution in [3.05, 3.63) is 23.8 Å². The predicted molar refractivity (Wildman–Crippen MR) is 128 cm³/mol. The quantitative estimate of drug-likeness (QED) is 0.438. The predicted octanol–water partition coefficient (Wildman–Crippen LogP) is 7.19. The zero-order valence-corrected chi connectivity index (χ0v) is 20.7. The highest BCUT2D eigenvalue weighted by molar-refractivity contribution is 5.87. The van der Waals surface area contributed by atoms with Gasteiger partial charge in [-0.05, 0) is 78.4 Å². The Kier molecular flexibility index (Phi) is 6.16. The normalized spacial score (nSPS) is 42.2. The van der Waals surface area contributed by atoms with Crippen molar-refractivity contribution < 1.29 is 9.59 Å². The molecule has 172 valence electrons. The molecule has 0 aliphatic heterocycles. The van der Waals surface area contributed by atoms with Gasteiger partial charge in [-0.1, -0.05) is 65.3 Å². The van der Waals surface area contributed by atoms with E-state index in [4.69, 9.17) is 0 Å². The Morgan fingerprint density at radius 3 is 2.55 bits per heavy atom. The fraction of sp³-hybridized carbons (Fsp3) is 0.793. The van der Waals surface area contributed by atoms with E-state index < -0.39 is 0 Å². The van der Waals surface area contributed by atoms with Crippen LogP contribution in [0.3, 0.4) is 0 Å². The number of carbonyl (C=O) groups is 2. The van der Waals surface area contributed by atoms with Crippen LogP contribution in [0.25, 0.3) is 0 Å². The van der Waals surface area contributed by atoms with E-state index in [1.54, 1.807) is 0 Å². The molecule has 0 heterocycles. The summed E-state index contributed by atoms with van der Waals surface area (Å²) in [5, 5.41) is 0. The summed E-state index contributed by atoms with van der Waals surface area (Å²) < 4.78 is 0. The minimum absolute atomic E-state index is 0.0650. The number of fused-ring (bicyclic) bond motifs is 5. The van der Waals surface area contributed by atoms with E-state index in [0.29, 0.717) is 59.9 Å². The minimum Gasteiger partial charge on any atom is -0.299 e. The monoisotopic (exact) mass is 424 g/mol. The molecule has 4 aliphatic carbocycles. The molecule has 0 unspecified atom stereocenters. The van der Waals surface area contributed by atoms with Gasteiger partial charge in [0, 0.05) is 25.2 Å². The fourth-order valence-electron chi connectivity index (χ4n) is 8.49. The molecule has 3 fully saturated rings. The number of Topliss-reactive ketones (excluding diaryl/α,β-unsaturated/α-hetero) is 2. The Hall–Kier alpha value is -1.18. The van der Waals surface area contributed by atoms with Gasteiger partial charge in [0.05, 0.1) is 0 Å². The maximum atomic E-state index is 13.8. The van der Waals surface area contributed by atoms with Crippen LogP contribution in [0.1, 0.15) is 92.9 Å². The first-order chi connectivity index (χ1) is 14.6. The Morgan fingerprint density at radius 1 is 1.13 bits per heavy atom. The molecule has 0 aromatic carbocycles. The SMILES string of the molecule is CC[C@H](C=C[C@@H](C)[C@H]1CC[C@H]2[C@@H]3CC=C4CC(=O)CC[C@]4(C)[C@H]3C(=O)C[C@]12C)C(C)C. The van der Waals surface area contributed by atoms with Crippen molar-refractivity contribution in [2.24, 2.45) is 52.3 Å². The van der Waals surface area contributed by atoms with Crippen molar-refractivity contribution in [1.82, 2.24) is 0 Å². The van der Waals surface area contributed by atoms with Crippen LogP contribution in [0, 0.1) is 52.3 Å². The lowest BCUT2D eigenvalue weighted by atomic mass is 9.46. The van der Waals surface area contributed by atoms with Crippen molar-refractivity contribution >= 4 is 11.6 Å². The number of ketones is 2. The molecule has 0 N–H and O–H groups in total. The molecule has 4 rings (SSSR count). The molecule has 0 radical (unpaired) electrons. The minimum atomic E-state index is -0.0650. The van der Waals surface area contributed by atoms with Crippen LogP contribution < -0.4 is 0 Å². The van der Waals surface area contributed by atoms with Gasteiger partial charge in [0.15, 0.2) is 0 Å². The highest BCUT2D eigenvalue weighted by Crippen LogP contribution is 2.66. The zero-order valence-electron chi connectivity index (χ0n) is 20.7. The van der Waals surface area contributed by atoms with Crippen molar-refractivity contribution in [2.45, 2.75) is 92.9 Å². The topological polar surface area (TPSA) is 34.1 Å². The molecular weight excluding hydrogens is 380 g/mol. The highest BCUT2D eigenvalue weighted by atomic mass is 16.1. The highest BCUT2D eigenvalue weighted by Gasteiger charge is 2.62. The largest absolute Gasteiger partial charge is 0.299 e. The van der Waals surface area contributed by atoms with Crippen molar-refractivity contribution in [3.63, 3.8) is 0 Å². The fourth-order valence-corrected chi connectivity index (χ4v) is 8.49. The van der Waals surface area contributed by atoms with Crippen LogP contribution >= 0.6 is 0 Å². The Bertz CT molecular complexity index is 789. The molecule has 8 atom stereocenters. The number of rotatable bonds is 5. The van der Waals surface area contributed by atoms with Gasteiger partial charge in [0.25, 0.3) is 0 Å². The summed E-state index contributed by atoms with van der Waals surface area (Å²) in [5.74, 6) is 4.62. The number of carbonyl (C=O) groups excluding carboxylic acids is 2. The summed E-state index contributed by atoms with van der Waals surface area (Å²) in [6.07, 6.45) is 14.9. The van der Waals surface area contributed by atoms with Crippen molar-refractivity contribution in [2.75, 3.05) is 0 Å². The van der Waals surface area contributed by atoms with Gasteiger partial charge in [0.2, 0.25) is 0 Å². The van der Waals surface area contributed by atoms with Gasteiger partial charge < -0.3 is 0 Å². The second-order valence-corrected chi connectivity index (χ2v) is 12.2. The summed E-state index contributed by atoms with van der Waals surface area (Å²) in [5.41, 5.74) is 1.35. The van der Waals surface area contributed by atoms with Gasteiger partial charge in [-0.25, -0.2) is 0 Å². The lowest BCUT2D eigenvalue weighted by Gasteiger charge is -2.56. The lowest BCUT2D eigenvalue weighted by molar-refractivity contribution is -0.145. The number of allylic oxidation sites excluding steroid dienone is 4. The van der Waals surface area contributed by atoms with Crippen molar-refractivity contribution in [3.8, 4) is 0 Å². The smallest absolute Gasteiger partial charge is 0.137 e. The summed E-state index contributed by atoms with van der Waals surface area (Å²) in [4.78, 5) is 25.9. The van der Waals surface area contributed by atoms with E-state index in [9.17, 15) is 9.59 Å². The zero-order chi connectivity index (χ0) is 22.6. The molecular formula is C29H44O2. The first kappa shape index (κ1) is 23.0. The number of hydrogen-bond acceptors (Lipinski definition) is 2. The second-order valence-electron chi connectivity index (χ2n) is 12.2. The summed E-state index contributed by atoms with van der Waals surface area (Å²) >= 11 is 0. The molecule has 0 saturated heterocycles. The molecule has 3 saturated carbocycles. The average Bonchev–Trinajstić information content (AvgIpc) is 3.04. The molecule has 0 aromatic rings. The maximum absolute atomic E-state index is 13.8. The van der Waals surface area contributed by atoms with Crippen LogP contribution in [0.4, 0.5) is 0 Å². The van der Waals surface area contributed by atoms with Gasteiger partial charge in [-0.3, -0.25) is 9.59 Å². The summed E-state index contributed by atoms with van der Waals surface area (Å²) in [6.45, 7) is 14.1. The molecule has 0 bridgehead atoms. The van der Waals surface area contributed by atoms with E-state index in [1.807, 2.05) is 0 Å². The van der Waals surface area contributed by atoms with Crippen LogP contribution in [-0.2, 0) is 9.59 Å². The lowest BCUT2D eigenvalue weighted by Crippen LogP contribution is -2.54. The Morgan fingerprint density at radius 2 is 1.87 bits per heavy atom. The van der Waals surface area contributed by atoms with Gasteiger partial charge >= 0.3 is 0 Å². The first-order valence-corrected chi connectivity index (χ1v) is 13.0. The van der Waals surface area contributed by atoms with Gasteiger partial charge in [0.1, 0.15) is 11.6 Å². The Balaban J connectivity index is 1.58. The molecule has 2 heteroatoms. The van der Waals surface area contributed by atoms with Crippen LogP contribution in [0.15, 0.2) is 23.8 Å². The van der Waals surface area contributed by atoms with E-state index in [-0.39, 0.29) is 16.7 Å². The van der Waals surface area contributed by atoms with E-state index >= 15 is 0 Å². The first-order valence-electron chi connectivity index (χ1n) is 13.0. The molecule has 2 nitrogen and oxygen atoms in total. The van der Waals surface area contributed by atoms with Crippen molar-refractivity contribution in [1.29, 1.82) is 0 Å². The summed E-state index contributed by atoms with van der Waals surface area (Å²) in [6, 6.07) is 0. The standard InChI is InChI=1S/C29H44O2/c1-7-20(18(2)3)9-8-19(4)24-12-13-25-23-11-10-21-16-22(30)14-15-28(21,5)27(23)26(31)17-29(24,25)6/h8-10,18-20,23-25,27H,7,11-17H2,1-6H3/t19-,20-,23+,24-,25+,27-,28+,29-/m1/s1. The van der Waals surface area contributed by atoms with Gasteiger partial charge in [-0.15, -0.1) is 0 Å². The number of hydrogen-bond donors (Lipinski definition) is 0. The third-order valence-electron chi connectivity index (χ3n) is 10.3. The van der Waals surface area contributed by atoms with Crippen LogP contribution in [0.5, 0.6) is 0 Å². The molecule has 31 heavy (non-hydrogen) atoms. The summed E-state index contributed by atoms with van der Waals surface area (Å²) in [7, 11) is 0. The molecule has 0 aromatic heterocycles. The molecule has 4 aliphatic rings. The van der Waals surface area contributed by atoms with Gasteiger partial charge in [-0.2, -0.15) is 0 Å². The third-order valence-corrected chi connectivity index (χ3v) is 10.3. The second kappa shape index (κ2) is 8.31. The molecule has 0 amide bonds. The maximum Gasteiger partial charge on any atom is 0.137 e. The van der Waals surface area contributed by atoms with E-state index in [0.717, 1.165) is 19.3 Å².